The maximum Gasteiger partial charge on any atom is 0.137 e. The molecule has 0 aliphatic heterocycles. The average molecular weight is 637 g/mol. The van der Waals surface area contributed by atoms with E-state index in [2.05, 4.69) is 0 Å². The van der Waals surface area contributed by atoms with Gasteiger partial charge in [-0.1, -0.05) is 38.1 Å². The molecule has 0 aliphatic carbocycles. The Kier molecular flexibility index (Phi) is 9.74. The summed E-state index contributed by atoms with van der Waals surface area (Å²) in [6.07, 6.45) is 2.00. The van der Waals surface area contributed by atoms with Gasteiger partial charge in [0.1, 0.15) is 46.3 Å². The summed E-state index contributed by atoms with van der Waals surface area (Å²) < 4.78 is 0. The molecule has 4 aromatic rings. The van der Waals surface area contributed by atoms with Gasteiger partial charge in [-0.25, -0.2) is 0 Å². The Balaban J connectivity index is 1.76. The van der Waals surface area contributed by atoms with Crippen LogP contribution in [-0.4, -0.2) is 43.8 Å². The Labute approximate surface area is 272 Å². The summed E-state index contributed by atoms with van der Waals surface area (Å²) >= 11 is 0. The number of phenolic OH excluding ortho intramolecular Hbond substituents is 4. The lowest BCUT2D eigenvalue weighted by molar-refractivity contribution is 0.462. The van der Waals surface area contributed by atoms with Gasteiger partial charge in [0.05, 0.1) is 22.3 Å². The van der Waals surface area contributed by atoms with Crippen LogP contribution in [0.15, 0.2) is 48.5 Å². The third-order valence-corrected chi connectivity index (χ3v) is 8.11. The number of phenols is 4. The van der Waals surface area contributed by atoms with Crippen LogP contribution in [0.2, 0.25) is 0 Å². The topological polar surface area (TPSA) is 280 Å². The number of amidine groups is 4. The van der Waals surface area contributed by atoms with Gasteiger partial charge in [-0.3, -0.25) is 21.6 Å². The number of nitrogens with two attached hydrogens (primary N) is 4. The molecule has 0 aromatic heterocycles. The minimum atomic E-state index is -0.378. The molecule has 0 heterocycles. The van der Waals surface area contributed by atoms with Crippen LogP contribution in [0.5, 0.6) is 23.0 Å². The molecule has 4 rings (SSSR count). The van der Waals surface area contributed by atoms with Crippen LogP contribution in [0.4, 0.5) is 0 Å². The molecule has 0 bridgehead atoms. The average Bonchev–Trinajstić information content (AvgIpc) is 3.00. The summed E-state index contributed by atoms with van der Waals surface area (Å²) in [5, 5.41) is 74.7. The lowest BCUT2D eigenvalue weighted by atomic mass is 9.90. The van der Waals surface area contributed by atoms with Gasteiger partial charge in [0, 0.05) is 12.8 Å². The SMILES string of the molecule is CCc1cc(Cc2cc(CC)c(O)c(Cc3cc(C(=N)N)c(O)c(C(=N)N)c3)c2)cc(Cc2cc(C(=N)N)c(O)c(C(=N)N)c2)c1O. The minimum Gasteiger partial charge on any atom is -0.507 e. The first-order valence-electron chi connectivity index (χ1n) is 14.9. The lowest BCUT2D eigenvalue weighted by Gasteiger charge is -2.17. The first-order valence-corrected chi connectivity index (χ1v) is 14.9. The zero-order chi connectivity index (χ0) is 34.7. The van der Waals surface area contributed by atoms with Gasteiger partial charge >= 0.3 is 0 Å². The monoisotopic (exact) mass is 636 g/mol. The van der Waals surface area contributed by atoms with Crippen LogP contribution >= 0.6 is 0 Å². The Hall–Kier alpha value is -6.04. The number of aromatic hydroxyl groups is 4. The Bertz CT molecular complexity index is 1740. The number of aryl methyl sites for hydroxylation is 2. The molecule has 12 heteroatoms. The molecule has 16 N–H and O–H groups in total. The second-order valence-corrected chi connectivity index (χ2v) is 11.5. The fourth-order valence-corrected chi connectivity index (χ4v) is 5.77. The van der Waals surface area contributed by atoms with Gasteiger partial charge < -0.3 is 43.4 Å². The third-order valence-electron chi connectivity index (χ3n) is 8.11. The predicted octanol–water partition coefficient (Wildman–Crippen LogP) is 3.54. The first kappa shape index (κ1) is 33.8. The first-order chi connectivity index (χ1) is 22.1. The van der Waals surface area contributed by atoms with Crippen LogP contribution in [0, 0.1) is 21.6 Å². The maximum atomic E-state index is 11.1. The van der Waals surface area contributed by atoms with E-state index in [0.717, 1.165) is 22.3 Å². The van der Waals surface area contributed by atoms with E-state index in [1.807, 2.05) is 38.1 Å². The molecule has 0 radical (unpaired) electrons. The van der Waals surface area contributed by atoms with Crippen LogP contribution in [0.1, 0.15) is 80.6 Å². The summed E-state index contributed by atoms with van der Waals surface area (Å²) in [6, 6.07) is 13.8. The molecule has 0 atom stereocenters. The van der Waals surface area contributed by atoms with Gasteiger partial charge in [-0.15, -0.1) is 0 Å². The predicted molar refractivity (Wildman–Crippen MR) is 184 cm³/mol. The van der Waals surface area contributed by atoms with Crippen molar-refractivity contribution in [2.75, 3.05) is 0 Å². The van der Waals surface area contributed by atoms with Crippen molar-refractivity contribution in [2.24, 2.45) is 22.9 Å². The van der Waals surface area contributed by atoms with Crippen molar-refractivity contribution in [3.8, 4) is 23.0 Å². The van der Waals surface area contributed by atoms with Gasteiger partial charge in [0.25, 0.3) is 0 Å². The molecule has 0 spiro atoms. The molecule has 0 fully saturated rings. The number of benzene rings is 4. The zero-order valence-corrected chi connectivity index (χ0v) is 26.3. The molecule has 244 valence electrons. The van der Waals surface area contributed by atoms with Crippen molar-refractivity contribution in [3.63, 3.8) is 0 Å². The van der Waals surface area contributed by atoms with E-state index in [1.54, 1.807) is 24.3 Å². The molecule has 0 aliphatic rings. The van der Waals surface area contributed by atoms with E-state index >= 15 is 0 Å². The normalized spacial score (nSPS) is 10.9. The number of nitrogen functional groups attached to an aromatic ring is 4. The Morgan fingerprint density at radius 1 is 0.426 bits per heavy atom. The summed E-state index contributed by atoms with van der Waals surface area (Å²) in [7, 11) is 0. The number of hydrogen-bond donors (Lipinski definition) is 12. The molecular formula is C35H40N8O4. The van der Waals surface area contributed by atoms with E-state index in [4.69, 9.17) is 44.6 Å². The highest BCUT2D eigenvalue weighted by Crippen LogP contribution is 2.34. The molecule has 0 unspecified atom stereocenters. The third kappa shape index (κ3) is 7.12. The van der Waals surface area contributed by atoms with E-state index in [1.165, 1.54) is 0 Å². The second-order valence-electron chi connectivity index (χ2n) is 11.5. The van der Waals surface area contributed by atoms with Crippen molar-refractivity contribution in [2.45, 2.75) is 46.0 Å². The number of hydrogen-bond acceptors (Lipinski definition) is 8. The Morgan fingerprint density at radius 2 is 0.681 bits per heavy atom. The van der Waals surface area contributed by atoms with Gasteiger partial charge in [0.2, 0.25) is 0 Å². The lowest BCUT2D eigenvalue weighted by Crippen LogP contribution is -2.17. The summed E-state index contributed by atoms with van der Waals surface area (Å²) in [5.41, 5.74) is 28.5. The fourth-order valence-electron chi connectivity index (χ4n) is 5.77. The second kappa shape index (κ2) is 13.5. The Morgan fingerprint density at radius 3 is 0.936 bits per heavy atom. The van der Waals surface area contributed by atoms with Crippen molar-refractivity contribution in [1.29, 1.82) is 21.6 Å². The van der Waals surface area contributed by atoms with Crippen molar-refractivity contribution < 1.29 is 20.4 Å². The summed E-state index contributed by atoms with van der Waals surface area (Å²) in [6.45, 7) is 3.86. The van der Waals surface area contributed by atoms with Gasteiger partial charge in [0.15, 0.2) is 0 Å². The van der Waals surface area contributed by atoms with Crippen molar-refractivity contribution in [3.05, 3.63) is 115 Å². The molecule has 0 amide bonds. The highest BCUT2D eigenvalue weighted by Gasteiger charge is 2.19. The van der Waals surface area contributed by atoms with E-state index in [-0.39, 0.29) is 81.4 Å². The van der Waals surface area contributed by atoms with Crippen LogP contribution in [0.3, 0.4) is 0 Å². The van der Waals surface area contributed by atoms with Crippen LogP contribution in [0.25, 0.3) is 0 Å². The number of rotatable bonds is 12. The molecule has 4 aromatic carbocycles. The van der Waals surface area contributed by atoms with Crippen LogP contribution in [-0.2, 0) is 32.1 Å². The summed E-state index contributed by atoms with van der Waals surface area (Å²) in [5.74, 6) is -1.97. The van der Waals surface area contributed by atoms with Crippen molar-refractivity contribution in [1.82, 2.24) is 0 Å². The van der Waals surface area contributed by atoms with E-state index in [0.29, 0.717) is 41.5 Å². The fraction of sp³-hybridized carbons (Fsp3) is 0.200. The highest BCUT2D eigenvalue weighted by molar-refractivity contribution is 6.05. The standard InChI is InChI=1S/C35H40N8O4/c1-3-20-6-16(8-22(28(20)44)10-18-12-24(32(36)37)30(46)25(13-18)33(38)39)5-17-7-21(4-2)29(45)23(9-17)11-19-14-26(34(40)41)31(47)27(15-19)35(42)43/h6-9,12-15,44-47H,3-5,10-11H2,1-2H3,(H3,36,37)(H3,38,39)(H3,40,41)(H3,42,43). The van der Waals surface area contributed by atoms with Crippen LogP contribution < -0.4 is 22.9 Å². The largest absolute Gasteiger partial charge is 0.507 e. The van der Waals surface area contributed by atoms with Gasteiger partial charge in [-0.05, 0) is 88.0 Å². The molecule has 0 saturated carbocycles. The molecule has 47 heavy (non-hydrogen) atoms. The molecule has 0 saturated heterocycles. The smallest absolute Gasteiger partial charge is 0.137 e. The molecular weight excluding hydrogens is 596 g/mol. The van der Waals surface area contributed by atoms with Gasteiger partial charge in [-0.2, -0.15) is 0 Å². The minimum absolute atomic E-state index is 0.0438. The summed E-state index contributed by atoms with van der Waals surface area (Å²) in [4.78, 5) is 0. The number of nitrogens with one attached hydrogen (secondary N) is 4. The zero-order valence-electron chi connectivity index (χ0n) is 26.3. The quantitative estimate of drug-likeness (QED) is 0.0804. The molecule has 12 nitrogen and oxygen atoms in total. The van der Waals surface area contributed by atoms with E-state index in [9.17, 15) is 20.4 Å². The van der Waals surface area contributed by atoms with Crippen molar-refractivity contribution >= 4 is 23.3 Å². The highest BCUT2D eigenvalue weighted by atomic mass is 16.3. The maximum absolute atomic E-state index is 11.1. The van der Waals surface area contributed by atoms with E-state index < -0.39 is 0 Å².